The minimum absolute atomic E-state index is 0.106. The van der Waals surface area contributed by atoms with Gasteiger partial charge in [0, 0.05) is 5.69 Å². The lowest BCUT2D eigenvalue weighted by Crippen LogP contribution is -2.13. The Morgan fingerprint density at radius 3 is 2.65 bits per heavy atom. The summed E-state index contributed by atoms with van der Waals surface area (Å²) < 4.78 is 5.44. The number of carbonyl (C=O) groups is 1. The van der Waals surface area contributed by atoms with Crippen LogP contribution in [0.3, 0.4) is 0 Å². The van der Waals surface area contributed by atoms with Crippen LogP contribution in [-0.2, 0) is 6.42 Å². The standard InChI is InChI=1S/C17H14ClN3O2/c1-2-11-7-3-6-10-14(11)19-15(22)17-21-20-16(23-17)12-8-4-5-9-13(12)18/h3-10H,2H2,1H3,(H,19,22). The van der Waals surface area contributed by atoms with Gasteiger partial charge in [0.25, 0.3) is 0 Å². The number of para-hydroxylation sites is 1. The molecule has 1 amide bonds. The van der Waals surface area contributed by atoms with Crippen LogP contribution in [0.5, 0.6) is 0 Å². The summed E-state index contributed by atoms with van der Waals surface area (Å²) in [6.07, 6.45) is 0.811. The van der Waals surface area contributed by atoms with Gasteiger partial charge in [-0.15, -0.1) is 10.2 Å². The van der Waals surface area contributed by atoms with Gasteiger partial charge in [0.15, 0.2) is 0 Å². The van der Waals surface area contributed by atoms with E-state index in [9.17, 15) is 4.79 Å². The summed E-state index contributed by atoms with van der Waals surface area (Å²) in [5, 5.41) is 11.0. The fourth-order valence-electron chi connectivity index (χ4n) is 2.18. The van der Waals surface area contributed by atoms with Crippen LogP contribution in [0.1, 0.15) is 23.2 Å². The van der Waals surface area contributed by atoms with E-state index in [2.05, 4.69) is 15.5 Å². The van der Waals surface area contributed by atoms with Gasteiger partial charge in [0.2, 0.25) is 5.89 Å². The summed E-state index contributed by atoms with van der Waals surface area (Å²) in [5.74, 6) is -0.341. The quantitative estimate of drug-likeness (QED) is 0.779. The molecule has 0 unspecified atom stereocenters. The van der Waals surface area contributed by atoms with Crippen molar-refractivity contribution in [3.63, 3.8) is 0 Å². The maximum Gasteiger partial charge on any atom is 0.313 e. The second-order valence-corrected chi connectivity index (χ2v) is 5.26. The van der Waals surface area contributed by atoms with Crippen LogP contribution in [-0.4, -0.2) is 16.1 Å². The highest BCUT2D eigenvalue weighted by Gasteiger charge is 2.18. The topological polar surface area (TPSA) is 68.0 Å². The monoisotopic (exact) mass is 327 g/mol. The minimum atomic E-state index is -0.447. The molecular weight excluding hydrogens is 314 g/mol. The van der Waals surface area contributed by atoms with Gasteiger partial charge in [0.1, 0.15) is 0 Å². The van der Waals surface area contributed by atoms with Crippen LogP contribution >= 0.6 is 11.6 Å². The van der Waals surface area contributed by atoms with Crippen LogP contribution in [0.25, 0.3) is 11.5 Å². The smallest absolute Gasteiger partial charge is 0.313 e. The maximum atomic E-state index is 12.3. The third-order valence-electron chi connectivity index (χ3n) is 3.37. The van der Waals surface area contributed by atoms with Crippen molar-refractivity contribution >= 4 is 23.2 Å². The van der Waals surface area contributed by atoms with Crippen molar-refractivity contribution in [2.75, 3.05) is 5.32 Å². The zero-order valence-corrected chi connectivity index (χ0v) is 13.2. The number of amides is 1. The Bertz CT molecular complexity index is 845. The number of aromatic nitrogens is 2. The van der Waals surface area contributed by atoms with Crippen LogP contribution in [0.15, 0.2) is 52.9 Å². The van der Waals surface area contributed by atoms with Gasteiger partial charge in [0.05, 0.1) is 10.6 Å². The summed E-state index contributed by atoms with van der Waals surface area (Å²) in [6.45, 7) is 2.02. The third-order valence-corrected chi connectivity index (χ3v) is 3.70. The number of benzene rings is 2. The Hall–Kier alpha value is -2.66. The van der Waals surface area contributed by atoms with E-state index in [-0.39, 0.29) is 11.8 Å². The lowest BCUT2D eigenvalue weighted by Gasteiger charge is -2.07. The molecule has 0 atom stereocenters. The molecule has 6 heteroatoms. The molecule has 1 aromatic heterocycles. The zero-order valence-electron chi connectivity index (χ0n) is 12.4. The molecule has 23 heavy (non-hydrogen) atoms. The van der Waals surface area contributed by atoms with Gasteiger partial charge in [-0.05, 0) is 30.2 Å². The third kappa shape index (κ3) is 3.24. The van der Waals surface area contributed by atoms with Crippen molar-refractivity contribution in [2.24, 2.45) is 0 Å². The van der Waals surface area contributed by atoms with Gasteiger partial charge in [-0.1, -0.05) is 48.9 Å². The number of hydrogen-bond acceptors (Lipinski definition) is 4. The number of carbonyl (C=O) groups excluding carboxylic acids is 1. The van der Waals surface area contributed by atoms with Crippen molar-refractivity contribution in [3.05, 3.63) is 65.0 Å². The number of halogens is 1. The molecule has 2 aromatic carbocycles. The molecule has 3 rings (SSSR count). The molecule has 0 fully saturated rings. The van der Waals surface area contributed by atoms with Crippen molar-refractivity contribution in [1.82, 2.24) is 10.2 Å². The fraction of sp³-hybridized carbons (Fsp3) is 0.118. The van der Waals surface area contributed by atoms with E-state index in [1.165, 1.54) is 0 Å². The normalized spacial score (nSPS) is 10.5. The Morgan fingerprint density at radius 1 is 1.13 bits per heavy atom. The summed E-state index contributed by atoms with van der Waals surface area (Å²) in [5.41, 5.74) is 2.36. The van der Waals surface area contributed by atoms with E-state index in [4.69, 9.17) is 16.0 Å². The molecular formula is C17H14ClN3O2. The number of nitrogens with one attached hydrogen (secondary N) is 1. The van der Waals surface area contributed by atoms with Crippen molar-refractivity contribution in [2.45, 2.75) is 13.3 Å². The summed E-state index contributed by atoms with van der Waals surface area (Å²) >= 11 is 6.09. The first-order valence-electron chi connectivity index (χ1n) is 7.16. The van der Waals surface area contributed by atoms with Crippen molar-refractivity contribution in [1.29, 1.82) is 0 Å². The van der Waals surface area contributed by atoms with E-state index < -0.39 is 5.91 Å². The molecule has 3 aromatic rings. The first-order valence-corrected chi connectivity index (χ1v) is 7.54. The number of aryl methyl sites for hydroxylation is 1. The molecule has 5 nitrogen and oxygen atoms in total. The molecule has 0 aliphatic carbocycles. The lowest BCUT2D eigenvalue weighted by molar-refractivity contribution is 0.0990. The molecule has 0 spiro atoms. The minimum Gasteiger partial charge on any atom is -0.412 e. The number of nitrogens with zero attached hydrogens (tertiary/aromatic N) is 2. The predicted molar refractivity (Wildman–Crippen MR) is 88.5 cm³/mol. The molecule has 0 saturated heterocycles. The fourth-order valence-corrected chi connectivity index (χ4v) is 2.40. The van der Waals surface area contributed by atoms with Gasteiger partial charge < -0.3 is 9.73 Å². The van der Waals surface area contributed by atoms with E-state index >= 15 is 0 Å². The van der Waals surface area contributed by atoms with Gasteiger partial charge in [-0.3, -0.25) is 4.79 Å². The average molecular weight is 328 g/mol. The Kier molecular flexibility index (Phi) is 4.39. The molecule has 0 bridgehead atoms. The van der Waals surface area contributed by atoms with E-state index in [1.54, 1.807) is 18.2 Å². The van der Waals surface area contributed by atoms with Gasteiger partial charge in [-0.2, -0.15) is 0 Å². The molecule has 1 heterocycles. The summed E-state index contributed by atoms with van der Waals surface area (Å²) in [4.78, 5) is 12.3. The van der Waals surface area contributed by atoms with Crippen molar-refractivity contribution < 1.29 is 9.21 Å². The highest BCUT2D eigenvalue weighted by molar-refractivity contribution is 6.33. The molecule has 0 aliphatic rings. The maximum absolute atomic E-state index is 12.3. The van der Waals surface area contributed by atoms with E-state index in [0.717, 1.165) is 17.7 Å². The molecule has 116 valence electrons. The molecule has 0 aliphatic heterocycles. The van der Waals surface area contributed by atoms with Crippen LogP contribution in [0, 0.1) is 0 Å². The van der Waals surface area contributed by atoms with Crippen LogP contribution < -0.4 is 5.32 Å². The van der Waals surface area contributed by atoms with Crippen LogP contribution in [0.2, 0.25) is 5.02 Å². The second-order valence-electron chi connectivity index (χ2n) is 4.86. The zero-order chi connectivity index (χ0) is 16.2. The highest BCUT2D eigenvalue weighted by atomic mass is 35.5. The average Bonchev–Trinajstić information content (AvgIpc) is 3.05. The molecule has 1 N–H and O–H groups in total. The van der Waals surface area contributed by atoms with Gasteiger partial charge >= 0.3 is 11.8 Å². The SMILES string of the molecule is CCc1ccccc1NC(=O)c1nnc(-c2ccccc2Cl)o1. The number of anilines is 1. The van der Waals surface area contributed by atoms with Gasteiger partial charge in [-0.25, -0.2) is 0 Å². The first kappa shape index (κ1) is 15.2. The first-order chi connectivity index (χ1) is 11.2. The summed E-state index contributed by atoms with van der Waals surface area (Å²) in [6, 6.07) is 14.7. The van der Waals surface area contributed by atoms with Crippen LogP contribution in [0.4, 0.5) is 5.69 Å². The lowest BCUT2D eigenvalue weighted by atomic mass is 10.1. The van der Waals surface area contributed by atoms with E-state index in [0.29, 0.717) is 10.6 Å². The predicted octanol–water partition coefficient (Wildman–Crippen LogP) is 4.20. The van der Waals surface area contributed by atoms with E-state index in [1.807, 2.05) is 37.3 Å². The molecule has 0 radical (unpaired) electrons. The number of hydrogen-bond donors (Lipinski definition) is 1. The Morgan fingerprint density at radius 2 is 1.87 bits per heavy atom. The Labute approximate surface area is 138 Å². The highest BCUT2D eigenvalue weighted by Crippen LogP contribution is 2.26. The number of rotatable bonds is 4. The molecule has 0 saturated carbocycles. The second kappa shape index (κ2) is 6.62. The Balaban J connectivity index is 1.83. The largest absolute Gasteiger partial charge is 0.412 e. The van der Waals surface area contributed by atoms with Crippen molar-refractivity contribution in [3.8, 4) is 11.5 Å². The summed E-state index contributed by atoms with van der Waals surface area (Å²) in [7, 11) is 0.